The van der Waals surface area contributed by atoms with Crippen LogP contribution in [0.2, 0.25) is 0 Å². The highest BCUT2D eigenvalue weighted by molar-refractivity contribution is 5.88. The van der Waals surface area contributed by atoms with Gasteiger partial charge in [-0.3, -0.25) is 9.59 Å². The maximum Gasteiger partial charge on any atom is 0.240 e. The lowest BCUT2D eigenvalue weighted by Gasteiger charge is -2.05. The number of aromatic nitrogens is 1. The average molecular weight is 345 g/mol. The second-order valence-corrected chi connectivity index (χ2v) is 5.84. The third kappa shape index (κ3) is 4.52. The van der Waals surface area contributed by atoms with Crippen molar-refractivity contribution in [3.8, 4) is 11.8 Å². The normalized spacial score (nSPS) is 10.0. The van der Waals surface area contributed by atoms with E-state index >= 15 is 0 Å². The van der Waals surface area contributed by atoms with Crippen LogP contribution in [0.5, 0.6) is 0 Å². The van der Waals surface area contributed by atoms with Crippen LogP contribution in [0, 0.1) is 11.8 Å². The molecule has 0 aliphatic carbocycles. The number of fused-ring (bicyclic) bond motifs is 1. The summed E-state index contributed by atoms with van der Waals surface area (Å²) in [5.74, 6) is 5.72. The summed E-state index contributed by atoms with van der Waals surface area (Å²) >= 11 is 0. The molecule has 1 heterocycles. The zero-order chi connectivity index (χ0) is 18.4. The summed E-state index contributed by atoms with van der Waals surface area (Å²) in [7, 11) is 0. The molecule has 0 spiro atoms. The largest absolute Gasteiger partial charge is 0.344 e. The summed E-state index contributed by atoms with van der Waals surface area (Å²) in [5.41, 5.74) is 2.59. The van der Waals surface area contributed by atoms with Gasteiger partial charge in [-0.1, -0.05) is 30.0 Å². The van der Waals surface area contributed by atoms with Crippen LogP contribution in [-0.2, 0) is 16.1 Å². The van der Waals surface area contributed by atoms with Crippen molar-refractivity contribution in [1.82, 2.24) is 9.88 Å². The fourth-order valence-corrected chi connectivity index (χ4v) is 2.62. The number of benzene rings is 2. The van der Waals surface area contributed by atoms with Crippen molar-refractivity contribution in [2.75, 3.05) is 11.9 Å². The van der Waals surface area contributed by atoms with E-state index in [0.717, 1.165) is 22.2 Å². The molecule has 0 atom stereocenters. The van der Waals surface area contributed by atoms with Crippen molar-refractivity contribution in [2.45, 2.75) is 13.5 Å². The summed E-state index contributed by atoms with van der Waals surface area (Å²) in [4.78, 5) is 23.1. The fraction of sp³-hybridized carbons (Fsp3) is 0.143. The molecule has 130 valence electrons. The van der Waals surface area contributed by atoms with Gasteiger partial charge in [-0.2, -0.15) is 0 Å². The first-order chi connectivity index (χ1) is 12.6. The summed E-state index contributed by atoms with van der Waals surface area (Å²) in [5, 5.41) is 6.62. The molecular weight excluding hydrogens is 326 g/mol. The summed E-state index contributed by atoms with van der Waals surface area (Å²) < 4.78 is 1.92. The Hall–Kier alpha value is -3.52. The minimum absolute atomic E-state index is 0.0818. The monoisotopic (exact) mass is 345 g/mol. The number of carbonyl (C=O) groups is 2. The highest BCUT2D eigenvalue weighted by atomic mass is 16.2. The molecule has 5 heteroatoms. The maximum absolute atomic E-state index is 12.1. The molecule has 2 N–H and O–H groups in total. The van der Waals surface area contributed by atoms with Gasteiger partial charge < -0.3 is 15.2 Å². The SMILES string of the molecule is CC(=O)Nc1ccc(C#CCNC(=O)Cn2ccc3ccccc32)cc1. The molecular formula is C21H19N3O2. The van der Waals surface area contributed by atoms with Crippen molar-refractivity contribution < 1.29 is 9.59 Å². The van der Waals surface area contributed by atoms with E-state index in [1.165, 1.54) is 6.92 Å². The number of nitrogens with zero attached hydrogens (tertiary/aromatic N) is 1. The van der Waals surface area contributed by atoms with Gasteiger partial charge in [0.1, 0.15) is 6.54 Å². The van der Waals surface area contributed by atoms with Crippen molar-refractivity contribution >= 4 is 28.4 Å². The highest BCUT2D eigenvalue weighted by Gasteiger charge is 2.04. The zero-order valence-electron chi connectivity index (χ0n) is 14.5. The molecule has 0 radical (unpaired) electrons. The number of rotatable bonds is 4. The van der Waals surface area contributed by atoms with Crippen LogP contribution in [0.15, 0.2) is 60.8 Å². The maximum atomic E-state index is 12.1. The van der Waals surface area contributed by atoms with E-state index in [-0.39, 0.29) is 24.9 Å². The summed E-state index contributed by atoms with van der Waals surface area (Å²) in [6.45, 7) is 2.01. The lowest BCUT2D eigenvalue weighted by Crippen LogP contribution is -2.27. The number of carbonyl (C=O) groups excluding carboxylic acids is 2. The number of amides is 2. The van der Waals surface area contributed by atoms with E-state index in [4.69, 9.17) is 0 Å². The Morgan fingerprint density at radius 2 is 1.81 bits per heavy atom. The Balaban J connectivity index is 1.51. The predicted molar refractivity (Wildman–Crippen MR) is 103 cm³/mol. The first-order valence-corrected chi connectivity index (χ1v) is 8.29. The molecule has 0 unspecified atom stereocenters. The molecule has 26 heavy (non-hydrogen) atoms. The lowest BCUT2D eigenvalue weighted by molar-refractivity contribution is -0.121. The van der Waals surface area contributed by atoms with E-state index in [0.29, 0.717) is 0 Å². The quantitative estimate of drug-likeness (QED) is 0.714. The molecule has 0 aliphatic rings. The highest BCUT2D eigenvalue weighted by Crippen LogP contribution is 2.14. The van der Waals surface area contributed by atoms with Gasteiger partial charge in [0.2, 0.25) is 11.8 Å². The van der Waals surface area contributed by atoms with Crippen molar-refractivity contribution in [1.29, 1.82) is 0 Å². The van der Waals surface area contributed by atoms with Gasteiger partial charge >= 0.3 is 0 Å². The second kappa shape index (κ2) is 8.04. The van der Waals surface area contributed by atoms with Crippen LogP contribution in [0.25, 0.3) is 10.9 Å². The molecule has 5 nitrogen and oxygen atoms in total. The number of hydrogen-bond donors (Lipinski definition) is 2. The number of hydrogen-bond acceptors (Lipinski definition) is 2. The Labute approximate surface area is 152 Å². The standard InChI is InChI=1S/C21H19N3O2/c1-16(25)23-19-10-8-17(9-11-19)5-4-13-22-21(26)15-24-14-12-18-6-2-3-7-20(18)24/h2-3,6-12,14H,13,15H2,1H3,(H,22,26)(H,23,25). The zero-order valence-corrected chi connectivity index (χ0v) is 14.5. The Morgan fingerprint density at radius 3 is 2.58 bits per heavy atom. The van der Waals surface area contributed by atoms with Crippen LogP contribution < -0.4 is 10.6 Å². The lowest BCUT2D eigenvalue weighted by atomic mass is 10.2. The molecule has 0 bridgehead atoms. The Morgan fingerprint density at radius 1 is 1.04 bits per heavy atom. The number of anilines is 1. The van der Waals surface area contributed by atoms with Gasteiger partial charge in [-0.25, -0.2) is 0 Å². The van der Waals surface area contributed by atoms with Crippen molar-refractivity contribution in [2.24, 2.45) is 0 Å². The molecule has 0 saturated carbocycles. The second-order valence-electron chi connectivity index (χ2n) is 5.84. The first-order valence-electron chi connectivity index (χ1n) is 8.29. The summed E-state index contributed by atoms with van der Waals surface area (Å²) in [6.07, 6.45) is 1.91. The van der Waals surface area contributed by atoms with Crippen LogP contribution in [0.1, 0.15) is 12.5 Å². The average Bonchev–Trinajstić information content (AvgIpc) is 3.03. The third-order valence-corrected chi connectivity index (χ3v) is 3.81. The van der Waals surface area contributed by atoms with E-state index < -0.39 is 0 Å². The molecule has 2 aromatic carbocycles. The Kier molecular flexibility index (Phi) is 5.35. The smallest absolute Gasteiger partial charge is 0.240 e. The van der Waals surface area contributed by atoms with Crippen LogP contribution in [0.4, 0.5) is 5.69 Å². The van der Waals surface area contributed by atoms with E-state index in [2.05, 4.69) is 22.5 Å². The van der Waals surface area contributed by atoms with Gasteiger partial charge in [0.05, 0.1) is 6.54 Å². The molecule has 0 fully saturated rings. The van der Waals surface area contributed by atoms with Gasteiger partial charge in [-0.15, -0.1) is 0 Å². The molecule has 0 saturated heterocycles. The van der Waals surface area contributed by atoms with Gasteiger partial charge in [-0.05, 0) is 41.8 Å². The van der Waals surface area contributed by atoms with Crippen molar-refractivity contribution in [3.05, 3.63) is 66.4 Å². The molecule has 2 amide bonds. The third-order valence-electron chi connectivity index (χ3n) is 3.81. The number of para-hydroxylation sites is 1. The van der Waals surface area contributed by atoms with Crippen LogP contribution in [0.3, 0.4) is 0 Å². The van der Waals surface area contributed by atoms with Gasteiger partial charge in [0, 0.05) is 29.9 Å². The van der Waals surface area contributed by atoms with Gasteiger partial charge in [0.15, 0.2) is 0 Å². The minimum Gasteiger partial charge on any atom is -0.344 e. The number of nitrogens with one attached hydrogen (secondary N) is 2. The van der Waals surface area contributed by atoms with Crippen molar-refractivity contribution in [3.63, 3.8) is 0 Å². The minimum atomic E-state index is -0.109. The van der Waals surface area contributed by atoms with E-state index in [1.807, 2.05) is 53.2 Å². The predicted octanol–water partition coefficient (Wildman–Crippen LogP) is 2.77. The fourth-order valence-electron chi connectivity index (χ4n) is 2.62. The first kappa shape index (κ1) is 17.3. The topological polar surface area (TPSA) is 63.1 Å². The molecule has 3 aromatic rings. The van der Waals surface area contributed by atoms with E-state index in [9.17, 15) is 9.59 Å². The van der Waals surface area contributed by atoms with Crippen LogP contribution in [-0.4, -0.2) is 22.9 Å². The molecule has 0 aliphatic heterocycles. The molecule has 1 aromatic heterocycles. The Bertz CT molecular complexity index is 991. The summed E-state index contributed by atoms with van der Waals surface area (Å²) in [6, 6.07) is 17.2. The van der Waals surface area contributed by atoms with E-state index in [1.54, 1.807) is 12.1 Å². The molecule has 3 rings (SSSR count). The van der Waals surface area contributed by atoms with Gasteiger partial charge in [0.25, 0.3) is 0 Å². The van der Waals surface area contributed by atoms with Crippen LogP contribution >= 0.6 is 0 Å².